The molecular weight excluding hydrogens is 316 g/mol. The van der Waals surface area contributed by atoms with Crippen LogP contribution in [0.1, 0.15) is 42.9 Å². The predicted octanol–water partition coefficient (Wildman–Crippen LogP) is 4.01. The zero-order valence-electron chi connectivity index (χ0n) is 14.8. The Morgan fingerprint density at radius 1 is 1.20 bits per heavy atom. The lowest BCUT2D eigenvalue weighted by Crippen LogP contribution is -2.44. The monoisotopic (exact) mass is 340 g/mol. The maximum atomic E-state index is 13.0. The molecule has 1 aliphatic heterocycles. The first-order valence-corrected chi connectivity index (χ1v) is 8.64. The lowest BCUT2D eigenvalue weighted by Gasteiger charge is -2.39. The summed E-state index contributed by atoms with van der Waals surface area (Å²) in [5.41, 5.74) is 2.06. The first-order valence-electron chi connectivity index (χ1n) is 8.64. The van der Waals surface area contributed by atoms with Crippen LogP contribution in [0.5, 0.6) is 11.5 Å². The lowest BCUT2D eigenvalue weighted by molar-refractivity contribution is 0.0655. The second kappa shape index (κ2) is 7.05. The fraction of sp³-hybridized carbons (Fsp3) is 0.350. The van der Waals surface area contributed by atoms with Gasteiger partial charge in [-0.2, -0.15) is 0 Å². The minimum Gasteiger partial charge on any atom is -0.504 e. The molecule has 1 unspecified atom stereocenters. The third kappa shape index (κ3) is 3.27. The molecule has 5 heteroatoms. The molecule has 1 atom stereocenters. The average molecular weight is 340 g/mol. The van der Waals surface area contributed by atoms with Crippen LogP contribution in [-0.2, 0) is 0 Å². The number of carbonyl (C=O) groups is 1. The fourth-order valence-corrected chi connectivity index (χ4v) is 3.15. The Morgan fingerprint density at radius 2 is 1.96 bits per heavy atom. The molecule has 0 saturated heterocycles. The van der Waals surface area contributed by atoms with Gasteiger partial charge in [-0.3, -0.25) is 4.79 Å². The first-order chi connectivity index (χ1) is 12.0. The van der Waals surface area contributed by atoms with E-state index in [4.69, 9.17) is 4.74 Å². The Bertz CT molecular complexity index is 773. The van der Waals surface area contributed by atoms with Gasteiger partial charge in [-0.05, 0) is 31.0 Å². The summed E-state index contributed by atoms with van der Waals surface area (Å²) in [5.74, 6) is 0.769. The highest BCUT2D eigenvalue weighted by molar-refractivity contribution is 6.01. The van der Waals surface area contributed by atoms with Gasteiger partial charge in [0.2, 0.25) is 0 Å². The molecule has 0 aromatic heterocycles. The zero-order valence-corrected chi connectivity index (χ0v) is 14.8. The van der Waals surface area contributed by atoms with Crippen LogP contribution in [0.4, 0.5) is 5.69 Å². The number of carbonyl (C=O) groups excluding carboxylic acids is 1. The lowest BCUT2D eigenvalue weighted by atomic mass is 10.0. The number of nitrogens with zero attached hydrogens (tertiary/aromatic N) is 1. The second-order valence-electron chi connectivity index (χ2n) is 6.57. The minimum absolute atomic E-state index is 0.0331. The molecule has 0 spiro atoms. The van der Waals surface area contributed by atoms with Crippen molar-refractivity contribution in [1.82, 2.24) is 4.90 Å². The van der Waals surface area contributed by atoms with E-state index in [2.05, 4.69) is 19.2 Å². The number of ether oxygens (including phenoxy) is 1. The number of amides is 1. The molecule has 2 N–H and O–H groups in total. The van der Waals surface area contributed by atoms with Crippen LogP contribution in [0.15, 0.2) is 42.5 Å². The van der Waals surface area contributed by atoms with Gasteiger partial charge >= 0.3 is 0 Å². The normalized spacial score (nSPS) is 16.6. The van der Waals surface area contributed by atoms with Gasteiger partial charge in [0.1, 0.15) is 6.17 Å². The number of para-hydroxylation sites is 2. The Morgan fingerprint density at radius 3 is 2.68 bits per heavy atom. The van der Waals surface area contributed by atoms with Crippen molar-refractivity contribution in [3.05, 3.63) is 53.6 Å². The van der Waals surface area contributed by atoms with Gasteiger partial charge in [-0.25, -0.2) is 0 Å². The van der Waals surface area contributed by atoms with E-state index in [0.29, 0.717) is 35.9 Å². The van der Waals surface area contributed by atoms with E-state index in [1.807, 2.05) is 43.3 Å². The topological polar surface area (TPSA) is 61.8 Å². The number of phenols is 1. The smallest absolute Gasteiger partial charge is 0.257 e. The van der Waals surface area contributed by atoms with Crippen LogP contribution in [0.2, 0.25) is 0 Å². The number of phenolic OH excluding ortho intramolecular Hbond substituents is 1. The Labute approximate surface area is 148 Å². The van der Waals surface area contributed by atoms with E-state index >= 15 is 0 Å². The van der Waals surface area contributed by atoms with Crippen molar-refractivity contribution in [2.75, 3.05) is 18.5 Å². The molecule has 0 aliphatic carbocycles. The molecule has 1 aliphatic rings. The van der Waals surface area contributed by atoms with E-state index in [0.717, 1.165) is 5.69 Å². The fourth-order valence-electron chi connectivity index (χ4n) is 3.15. The number of fused-ring (bicyclic) bond motifs is 1. The Hall–Kier alpha value is -2.69. The van der Waals surface area contributed by atoms with Crippen molar-refractivity contribution >= 4 is 11.6 Å². The molecule has 25 heavy (non-hydrogen) atoms. The third-order valence-corrected chi connectivity index (χ3v) is 4.21. The van der Waals surface area contributed by atoms with Gasteiger partial charge in [0.25, 0.3) is 5.91 Å². The molecule has 2 aromatic rings. The van der Waals surface area contributed by atoms with Gasteiger partial charge in [-0.15, -0.1) is 0 Å². The molecule has 3 rings (SSSR count). The predicted molar refractivity (Wildman–Crippen MR) is 98.0 cm³/mol. The van der Waals surface area contributed by atoms with Crippen molar-refractivity contribution < 1.29 is 14.6 Å². The molecule has 0 saturated carbocycles. The summed E-state index contributed by atoms with van der Waals surface area (Å²) in [6, 6.07) is 12.9. The number of benzene rings is 2. The van der Waals surface area contributed by atoms with Crippen molar-refractivity contribution in [1.29, 1.82) is 0 Å². The SMILES string of the molecule is CCOc1cccc(C2Nc3ccccc3C(=O)N2CC(C)C)c1O. The average Bonchev–Trinajstić information content (AvgIpc) is 2.59. The van der Waals surface area contributed by atoms with Gasteiger partial charge in [0.15, 0.2) is 11.5 Å². The maximum absolute atomic E-state index is 13.0. The molecule has 0 fully saturated rings. The molecule has 5 nitrogen and oxygen atoms in total. The summed E-state index contributed by atoms with van der Waals surface area (Å²) < 4.78 is 5.50. The van der Waals surface area contributed by atoms with Crippen LogP contribution in [0.25, 0.3) is 0 Å². The van der Waals surface area contributed by atoms with E-state index in [1.54, 1.807) is 11.0 Å². The molecule has 1 heterocycles. The first kappa shape index (κ1) is 17.1. The third-order valence-electron chi connectivity index (χ3n) is 4.21. The number of anilines is 1. The summed E-state index contributed by atoms with van der Waals surface area (Å²) in [6.07, 6.45) is -0.440. The second-order valence-corrected chi connectivity index (χ2v) is 6.57. The Balaban J connectivity index is 2.07. The van der Waals surface area contributed by atoms with Crippen LogP contribution in [-0.4, -0.2) is 29.1 Å². The summed E-state index contributed by atoms with van der Waals surface area (Å²) in [7, 11) is 0. The molecule has 0 radical (unpaired) electrons. The minimum atomic E-state index is -0.440. The van der Waals surface area contributed by atoms with Gasteiger partial charge in [0, 0.05) is 17.8 Å². The van der Waals surface area contributed by atoms with Crippen LogP contribution in [0, 0.1) is 5.92 Å². The van der Waals surface area contributed by atoms with Gasteiger partial charge < -0.3 is 20.1 Å². The zero-order chi connectivity index (χ0) is 18.0. The van der Waals surface area contributed by atoms with E-state index in [-0.39, 0.29) is 11.7 Å². The van der Waals surface area contributed by atoms with Crippen molar-refractivity contribution in [3.63, 3.8) is 0 Å². The van der Waals surface area contributed by atoms with Gasteiger partial charge in [0.05, 0.1) is 12.2 Å². The van der Waals surface area contributed by atoms with E-state index in [9.17, 15) is 9.90 Å². The van der Waals surface area contributed by atoms with Crippen LogP contribution < -0.4 is 10.1 Å². The highest BCUT2D eigenvalue weighted by Gasteiger charge is 2.34. The molecule has 132 valence electrons. The Kier molecular flexibility index (Phi) is 4.83. The number of aromatic hydroxyl groups is 1. The molecule has 0 bridgehead atoms. The van der Waals surface area contributed by atoms with Crippen LogP contribution in [0.3, 0.4) is 0 Å². The largest absolute Gasteiger partial charge is 0.504 e. The summed E-state index contributed by atoms with van der Waals surface area (Å²) in [5, 5.41) is 14.1. The van der Waals surface area contributed by atoms with Crippen LogP contribution >= 0.6 is 0 Å². The standard InChI is InChI=1S/C20H24N2O3/c1-4-25-17-11-7-9-15(18(17)23)19-21-16-10-6-5-8-14(16)20(24)22(19)12-13(2)3/h5-11,13,19,21,23H,4,12H2,1-3H3. The van der Waals surface area contributed by atoms with Crippen molar-refractivity contribution in [2.45, 2.75) is 26.9 Å². The molecular formula is C20H24N2O3. The molecule has 1 amide bonds. The number of rotatable bonds is 5. The highest BCUT2D eigenvalue weighted by atomic mass is 16.5. The highest BCUT2D eigenvalue weighted by Crippen LogP contribution is 2.40. The van der Waals surface area contributed by atoms with Crippen molar-refractivity contribution in [3.8, 4) is 11.5 Å². The van der Waals surface area contributed by atoms with Crippen molar-refractivity contribution in [2.24, 2.45) is 5.92 Å². The number of hydrogen-bond acceptors (Lipinski definition) is 4. The summed E-state index contributed by atoms with van der Waals surface area (Å²) in [4.78, 5) is 14.8. The summed E-state index contributed by atoms with van der Waals surface area (Å²) in [6.45, 7) is 7.06. The quantitative estimate of drug-likeness (QED) is 0.863. The maximum Gasteiger partial charge on any atom is 0.257 e. The summed E-state index contributed by atoms with van der Waals surface area (Å²) >= 11 is 0. The van der Waals surface area contributed by atoms with E-state index < -0.39 is 6.17 Å². The van der Waals surface area contributed by atoms with Gasteiger partial charge in [-0.1, -0.05) is 38.1 Å². The molecule has 2 aromatic carbocycles. The van der Waals surface area contributed by atoms with E-state index in [1.165, 1.54) is 0 Å². The number of hydrogen-bond donors (Lipinski definition) is 2. The number of nitrogens with one attached hydrogen (secondary N) is 1.